The minimum Gasteiger partial charge on any atom is -0.565 e. The smallest absolute Gasteiger partial charge is 0.521 e. The summed E-state index contributed by atoms with van der Waals surface area (Å²) in [6.07, 6.45) is 50.7. The Bertz CT molecular complexity index is 5060. The molecule has 12 aromatic heterocycles. The van der Waals surface area contributed by atoms with Gasteiger partial charge in [0.1, 0.15) is 61.4 Å². The highest BCUT2D eigenvalue weighted by atomic mass is 31.1. The maximum absolute atomic E-state index is 9.40. The number of ether oxygens (including phenoxy) is 1. The molecule has 0 aromatic carbocycles. The summed E-state index contributed by atoms with van der Waals surface area (Å²) in [6.45, 7) is 8.22. The second kappa shape index (κ2) is 40.5. The van der Waals surface area contributed by atoms with Gasteiger partial charge in [0.05, 0.1) is 122 Å². The summed E-state index contributed by atoms with van der Waals surface area (Å²) in [6, 6.07) is 19.0. The van der Waals surface area contributed by atoms with Gasteiger partial charge in [-0.1, -0.05) is 71.0 Å². The Morgan fingerprint density at radius 1 is 0.491 bits per heavy atom. The molecule has 4 aliphatic rings. The number of nitriles is 4. The van der Waals surface area contributed by atoms with Crippen molar-refractivity contribution in [2.45, 2.75) is 192 Å². The Labute approximate surface area is 651 Å². The Hall–Kier alpha value is -10.6. The Morgan fingerprint density at radius 3 is 1.10 bits per heavy atom. The lowest BCUT2D eigenvalue weighted by Gasteiger charge is -2.21. The number of aromatic nitrogens is 20. The maximum Gasteiger partial charge on any atom is 0.521 e. The van der Waals surface area contributed by atoms with E-state index in [-0.39, 0.29) is 33.8 Å². The summed E-state index contributed by atoms with van der Waals surface area (Å²) in [4.78, 5) is 59.1. The van der Waals surface area contributed by atoms with Crippen LogP contribution in [0.15, 0.2) is 124 Å². The van der Waals surface area contributed by atoms with Gasteiger partial charge in [0.25, 0.3) is 0 Å². The number of aliphatic hydroxyl groups excluding tert-OH is 1. The first kappa shape index (κ1) is 82.3. The summed E-state index contributed by atoms with van der Waals surface area (Å²) in [5, 5.41) is 82.5. The predicted molar refractivity (Wildman–Crippen MR) is 416 cm³/mol. The minimum absolute atomic E-state index is 0. The molecule has 0 radical (unpaired) electrons. The lowest BCUT2D eigenvalue weighted by Crippen LogP contribution is -2.22. The van der Waals surface area contributed by atoms with Crippen LogP contribution >= 0.6 is 16.5 Å². The van der Waals surface area contributed by atoms with Gasteiger partial charge in [0.2, 0.25) is 0 Å². The van der Waals surface area contributed by atoms with Crippen LogP contribution in [-0.2, 0) is 36.7 Å². The van der Waals surface area contributed by atoms with Crippen molar-refractivity contribution in [3.63, 3.8) is 0 Å². The second-order valence-corrected chi connectivity index (χ2v) is 36.1. The topological polar surface area (TPSA) is 480 Å². The summed E-state index contributed by atoms with van der Waals surface area (Å²) in [5.74, 6) is 2.17. The number of hydrogen-bond acceptors (Lipinski definition) is 26. The monoisotopic (exact) mass is 1580 g/mol. The minimum atomic E-state index is -3.04. The maximum atomic E-state index is 9.40. The number of H-pyrrole nitrogens is 2. The first-order valence-electron chi connectivity index (χ1n) is 37.5. The Morgan fingerprint density at radius 2 is 0.795 bits per heavy atom. The van der Waals surface area contributed by atoms with E-state index in [1.54, 1.807) is 35.9 Å². The van der Waals surface area contributed by atoms with Crippen LogP contribution in [0.3, 0.4) is 0 Å². The van der Waals surface area contributed by atoms with Crippen LogP contribution in [-0.4, -0.2) is 128 Å². The van der Waals surface area contributed by atoms with E-state index in [4.69, 9.17) is 34.2 Å². The van der Waals surface area contributed by atoms with Crippen molar-refractivity contribution in [2.24, 2.45) is 23.7 Å². The third-order valence-electron chi connectivity index (χ3n) is 21.2. The van der Waals surface area contributed by atoms with Crippen LogP contribution in [0, 0.1) is 69.0 Å². The van der Waals surface area contributed by atoms with Crippen molar-refractivity contribution in [3.8, 4) is 69.3 Å². The van der Waals surface area contributed by atoms with E-state index in [1.165, 1.54) is 109 Å². The van der Waals surface area contributed by atoms with Crippen molar-refractivity contribution in [1.29, 1.82) is 21.0 Å². The third kappa shape index (κ3) is 21.1. The third-order valence-corrected chi connectivity index (χ3v) is 23.1. The van der Waals surface area contributed by atoms with Crippen LogP contribution in [0.5, 0.6) is 0 Å². The van der Waals surface area contributed by atoms with E-state index in [1.807, 2.05) is 110 Å². The lowest BCUT2D eigenvalue weighted by molar-refractivity contribution is -0.245. The molecule has 37 heteroatoms. The molecular weight excluding hydrogens is 1490 g/mol. The van der Waals surface area contributed by atoms with Crippen LogP contribution < -0.4 is 9.79 Å². The highest BCUT2D eigenvalue weighted by Crippen LogP contribution is 2.41. The lowest BCUT2D eigenvalue weighted by atomic mass is 9.96. The summed E-state index contributed by atoms with van der Waals surface area (Å²) < 4.78 is 40.7. The molecule has 4 saturated carbocycles. The summed E-state index contributed by atoms with van der Waals surface area (Å²) in [5.41, 5.74) is 10.5. The molecule has 12 aromatic rings. The fraction of sp³-hybridized carbons (Fsp3) is 0.467. The Kier molecular flexibility index (Phi) is 29.8. The zero-order valence-electron chi connectivity index (χ0n) is 62.6. The molecule has 12 heterocycles. The fourth-order valence-corrected chi connectivity index (χ4v) is 16.4. The molecule has 5 N–H and O–H groups in total. The van der Waals surface area contributed by atoms with Crippen LogP contribution in [0.4, 0.5) is 0 Å². The molecule has 588 valence electrons. The standard InChI is InChI=1S/C23H32N6OSi.C18H20N6O.2C17H18N6.2HO4P.2H2/c1-31(2,3)13-12-30-17-28-11-9-20-22(25-16-26-23(20)28)19-14-27-29(15-19)21(8-10-24)18-6-4-5-7-18;19-7-5-16(13-3-1-2-4-13)24-10-14(9-22-24)17-15-6-8-23(12-25)18(15)21-11-20-17;2*18-7-5-15(12-3-1-2-4-12)23-10-13(9-22-23)16-14-6-8-19-17(14)21-11-20-16;2*1-4-5(2)3;;/h9,11,14-16,18,21H,4-8,12-13,17H2,1-3H3;6,8-11,13,16,25H,1-5,12H2;2*6,8-12,15H,1-5H2,(H,19,20,21);2*1H;2*1H/t21-;16-;2*15-;;;;/m1111..../s1. The van der Waals surface area contributed by atoms with E-state index in [9.17, 15) is 26.2 Å². The van der Waals surface area contributed by atoms with Crippen molar-refractivity contribution in [2.75, 3.05) is 6.61 Å². The number of rotatable bonds is 24. The second-order valence-electron chi connectivity index (χ2n) is 29.2. The molecule has 2 unspecified atom stereocenters. The molecule has 0 aliphatic heterocycles. The molecule has 112 heavy (non-hydrogen) atoms. The predicted octanol–water partition coefficient (Wildman–Crippen LogP) is 14.6. The summed E-state index contributed by atoms with van der Waals surface area (Å²) in [7, 11) is -7.18. The molecule has 6 atom stereocenters. The highest BCUT2D eigenvalue weighted by Gasteiger charge is 2.32. The van der Waals surface area contributed by atoms with Gasteiger partial charge in [-0.15, -0.1) is 0 Å². The molecule has 0 amide bonds. The van der Waals surface area contributed by atoms with Gasteiger partial charge in [-0.05, 0) is 114 Å². The molecule has 4 aliphatic carbocycles. The molecular formula is C75H94N24O10P2Si. The number of hydrogen-bond donors (Lipinski definition) is 5. The summed E-state index contributed by atoms with van der Waals surface area (Å²) >= 11 is 0. The van der Waals surface area contributed by atoms with Gasteiger partial charge >= 0.3 is 16.5 Å². The van der Waals surface area contributed by atoms with E-state index in [0.29, 0.717) is 61.7 Å². The first-order valence-corrected chi connectivity index (χ1v) is 43.4. The first-order chi connectivity index (χ1) is 54.5. The number of nitrogens with zero attached hydrogens (tertiary/aromatic N) is 22. The zero-order chi connectivity index (χ0) is 78.9. The van der Waals surface area contributed by atoms with Gasteiger partial charge in [-0.25, -0.2) is 50.4 Å². The average molecular weight is 1580 g/mol. The average Bonchev–Trinajstić information content (AvgIpc) is 1.61. The number of aliphatic hydroxyl groups is 1. The molecule has 0 saturated heterocycles. The zero-order valence-corrected chi connectivity index (χ0v) is 65.4. The van der Waals surface area contributed by atoms with Crippen LogP contribution in [0.25, 0.3) is 89.2 Å². The molecule has 16 rings (SSSR count). The van der Waals surface area contributed by atoms with Gasteiger partial charge in [0, 0.05) is 120 Å². The van der Waals surface area contributed by atoms with Gasteiger partial charge in [-0.2, -0.15) is 41.4 Å². The van der Waals surface area contributed by atoms with E-state index in [2.05, 4.69) is 124 Å². The fourth-order valence-electron chi connectivity index (χ4n) is 15.6. The Balaban J connectivity index is 0.000000167. The largest absolute Gasteiger partial charge is 0.565 e. The van der Waals surface area contributed by atoms with Crippen molar-refractivity contribution >= 4 is 68.7 Å². The highest BCUT2D eigenvalue weighted by molar-refractivity contribution is 7.30. The van der Waals surface area contributed by atoms with Crippen LogP contribution in [0.1, 0.15) is 155 Å². The van der Waals surface area contributed by atoms with Crippen LogP contribution in [0.2, 0.25) is 25.7 Å². The van der Waals surface area contributed by atoms with Gasteiger partial charge in [-0.3, -0.25) is 18.7 Å². The van der Waals surface area contributed by atoms with E-state index >= 15 is 0 Å². The van der Waals surface area contributed by atoms with Crippen molar-refractivity contribution in [3.05, 3.63) is 124 Å². The van der Waals surface area contributed by atoms with Gasteiger partial charge < -0.3 is 38.7 Å². The normalized spacial score (nSPS) is 15.9. The van der Waals surface area contributed by atoms with Crippen molar-refractivity contribution < 1.29 is 51.5 Å². The van der Waals surface area contributed by atoms with E-state index < -0.39 is 24.6 Å². The SMILES string of the molecule is C[Si](C)(C)CCOCn1ccc2c(-c3cnn([C@H](CC#N)C4CCCC4)c3)ncnc21.N#CC[C@H](C1CCCC1)n1cc(-c2ncnc3[nH]ccc23)cn1.N#CC[C@H](C1CCCC1)n1cc(-c2ncnc3[nH]ccc23)cn1.N#CC[C@H](C1CCCC1)n1cc(-c2ncnc3c2ccn3CO)cn1.O=[P+]([O-])OO.O=[P+]([O-])OO.[HH].[HH]. The molecule has 34 nitrogen and oxygen atoms in total. The molecule has 0 spiro atoms. The number of fused-ring (bicyclic) bond motifs is 4. The van der Waals surface area contributed by atoms with Gasteiger partial charge in [0.15, 0.2) is 0 Å². The van der Waals surface area contributed by atoms with E-state index in [0.717, 1.165) is 96.2 Å². The number of nitrogens with one attached hydrogen (secondary N) is 2. The molecule has 4 fully saturated rings. The quantitative estimate of drug-likeness (QED) is 0.0123. The van der Waals surface area contributed by atoms with Crippen molar-refractivity contribution in [1.82, 2.24) is 98.1 Å². The molecule has 0 bridgehead atoms. The number of aromatic amines is 2.